The lowest BCUT2D eigenvalue weighted by Crippen LogP contribution is -2.30. The maximum absolute atomic E-state index is 13.3. The van der Waals surface area contributed by atoms with E-state index in [1.807, 2.05) is 42.5 Å². The first kappa shape index (κ1) is 29.0. The Morgan fingerprint density at radius 2 is 1.40 bits per heavy atom. The van der Waals surface area contributed by atoms with E-state index in [1.54, 1.807) is 73.7 Å². The van der Waals surface area contributed by atoms with E-state index in [9.17, 15) is 14.4 Å². The molecule has 40 heavy (non-hydrogen) atoms. The SMILES string of the molecule is CC(Sc1cccc(NC(=O)/C(=C/c2ccccc2)NC(=O)c2ccccc2)c1)C(=O)Nc1cc(Cl)cc(Cl)c1. The molecule has 3 amide bonds. The summed E-state index contributed by atoms with van der Waals surface area (Å²) < 4.78 is 0. The van der Waals surface area contributed by atoms with E-state index in [0.717, 1.165) is 10.5 Å². The van der Waals surface area contributed by atoms with E-state index in [2.05, 4.69) is 16.0 Å². The van der Waals surface area contributed by atoms with E-state index >= 15 is 0 Å². The van der Waals surface area contributed by atoms with Crippen molar-refractivity contribution in [1.82, 2.24) is 5.32 Å². The van der Waals surface area contributed by atoms with Gasteiger partial charge in [-0.15, -0.1) is 11.8 Å². The molecule has 0 aliphatic rings. The minimum atomic E-state index is -0.487. The molecule has 0 heterocycles. The molecule has 9 heteroatoms. The van der Waals surface area contributed by atoms with Crippen molar-refractivity contribution in [3.63, 3.8) is 0 Å². The van der Waals surface area contributed by atoms with Gasteiger partial charge in [-0.3, -0.25) is 14.4 Å². The highest BCUT2D eigenvalue weighted by Gasteiger charge is 2.17. The van der Waals surface area contributed by atoms with Gasteiger partial charge < -0.3 is 16.0 Å². The number of carbonyl (C=O) groups excluding carboxylic acids is 3. The molecule has 0 bridgehead atoms. The highest BCUT2D eigenvalue weighted by Crippen LogP contribution is 2.28. The zero-order valence-corrected chi connectivity index (χ0v) is 23.7. The van der Waals surface area contributed by atoms with Crippen LogP contribution in [0.3, 0.4) is 0 Å². The van der Waals surface area contributed by atoms with Crippen LogP contribution >= 0.6 is 35.0 Å². The highest BCUT2D eigenvalue weighted by molar-refractivity contribution is 8.00. The summed E-state index contributed by atoms with van der Waals surface area (Å²) in [7, 11) is 0. The van der Waals surface area contributed by atoms with Crippen molar-refractivity contribution in [1.29, 1.82) is 0 Å². The number of thioether (sulfide) groups is 1. The molecule has 4 rings (SSSR count). The van der Waals surface area contributed by atoms with Crippen molar-refractivity contribution in [2.45, 2.75) is 17.1 Å². The summed E-state index contributed by atoms with van der Waals surface area (Å²) in [4.78, 5) is 39.6. The summed E-state index contributed by atoms with van der Waals surface area (Å²) in [5, 5.41) is 8.78. The average Bonchev–Trinajstić information content (AvgIpc) is 2.93. The summed E-state index contributed by atoms with van der Waals surface area (Å²) >= 11 is 13.4. The Kier molecular flexibility index (Phi) is 10.0. The lowest BCUT2D eigenvalue weighted by atomic mass is 10.1. The van der Waals surface area contributed by atoms with E-state index < -0.39 is 17.1 Å². The van der Waals surface area contributed by atoms with E-state index in [1.165, 1.54) is 11.8 Å². The Labute approximate surface area is 246 Å². The Morgan fingerprint density at radius 3 is 2.08 bits per heavy atom. The normalized spacial score (nSPS) is 11.8. The molecule has 202 valence electrons. The van der Waals surface area contributed by atoms with Crippen LogP contribution in [0.1, 0.15) is 22.8 Å². The van der Waals surface area contributed by atoms with Gasteiger partial charge >= 0.3 is 0 Å². The van der Waals surface area contributed by atoms with Crippen LogP contribution in [0.25, 0.3) is 6.08 Å². The van der Waals surface area contributed by atoms with Crippen LogP contribution in [0.2, 0.25) is 10.0 Å². The minimum absolute atomic E-state index is 0.0889. The number of hydrogen-bond acceptors (Lipinski definition) is 4. The topological polar surface area (TPSA) is 87.3 Å². The predicted octanol–water partition coefficient (Wildman–Crippen LogP) is 7.52. The van der Waals surface area contributed by atoms with Crippen LogP contribution in [0, 0.1) is 0 Å². The molecule has 4 aromatic rings. The van der Waals surface area contributed by atoms with Gasteiger partial charge in [-0.25, -0.2) is 0 Å². The molecule has 0 fully saturated rings. The van der Waals surface area contributed by atoms with E-state index in [0.29, 0.717) is 27.0 Å². The van der Waals surface area contributed by atoms with Crippen molar-refractivity contribution in [2.24, 2.45) is 0 Å². The number of anilines is 2. The smallest absolute Gasteiger partial charge is 0.272 e. The summed E-state index contributed by atoms with van der Waals surface area (Å²) in [6, 6.07) is 29.9. The lowest BCUT2D eigenvalue weighted by Gasteiger charge is -2.14. The lowest BCUT2D eigenvalue weighted by molar-refractivity contribution is -0.115. The standard InChI is InChI=1S/C31H25Cl2N3O3S/c1-20(29(37)35-26-17-23(32)16-24(33)18-26)40-27-14-8-13-25(19-27)34-31(39)28(15-21-9-4-2-5-10-21)36-30(38)22-11-6-3-7-12-22/h2-20H,1H3,(H,34,39)(H,35,37)(H,36,38)/b28-15-. The van der Waals surface area contributed by atoms with Gasteiger partial charge in [0, 0.05) is 31.9 Å². The van der Waals surface area contributed by atoms with Crippen molar-refractivity contribution in [2.75, 3.05) is 10.6 Å². The van der Waals surface area contributed by atoms with Gasteiger partial charge in [0.05, 0.1) is 5.25 Å². The van der Waals surface area contributed by atoms with Gasteiger partial charge in [0.2, 0.25) is 5.91 Å². The zero-order valence-electron chi connectivity index (χ0n) is 21.4. The van der Waals surface area contributed by atoms with E-state index in [4.69, 9.17) is 23.2 Å². The maximum atomic E-state index is 13.3. The minimum Gasteiger partial charge on any atom is -0.325 e. The van der Waals surface area contributed by atoms with Crippen LogP contribution in [-0.4, -0.2) is 23.0 Å². The third-order valence-electron chi connectivity index (χ3n) is 5.54. The summed E-state index contributed by atoms with van der Waals surface area (Å²) in [5.41, 5.74) is 2.29. The second-order valence-electron chi connectivity index (χ2n) is 8.68. The summed E-state index contributed by atoms with van der Waals surface area (Å²) in [6.07, 6.45) is 1.61. The van der Waals surface area contributed by atoms with E-state index in [-0.39, 0.29) is 11.6 Å². The zero-order chi connectivity index (χ0) is 28.5. The molecular formula is C31H25Cl2N3O3S. The molecule has 0 saturated heterocycles. The van der Waals surface area contributed by atoms with Gasteiger partial charge in [-0.05, 0) is 67.1 Å². The Balaban J connectivity index is 1.46. The number of hydrogen-bond donors (Lipinski definition) is 3. The van der Waals surface area contributed by atoms with Crippen molar-refractivity contribution in [3.05, 3.63) is 130 Å². The van der Waals surface area contributed by atoms with Gasteiger partial charge in [0.25, 0.3) is 11.8 Å². The molecule has 0 saturated carbocycles. The number of halogens is 2. The van der Waals surface area contributed by atoms with Gasteiger partial charge in [-0.1, -0.05) is 77.8 Å². The first-order chi connectivity index (χ1) is 19.3. The van der Waals surface area contributed by atoms with Crippen LogP contribution < -0.4 is 16.0 Å². The Hall–Kier alpha value is -4.04. The fraction of sp³-hybridized carbons (Fsp3) is 0.0645. The number of benzene rings is 4. The monoisotopic (exact) mass is 589 g/mol. The molecule has 4 aromatic carbocycles. The molecule has 0 aliphatic heterocycles. The summed E-state index contributed by atoms with van der Waals surface area (Å²) in [5.74, 6) is -1.11. The third-order valence-corrected chi connectivity index (χ3v) is 7.07. The fourth-order valence-electron chi connectivity index (χ4n) is 3.63. The molecule has 0 aliphatic carbocycles. The second kappa shape index (κ2) is 13.8. The molecular weight excluding hydrogens is 565 g/mol. The van der Waals surface area contributed by atoms with Crippen molar-refractivity contribution < 1.29 is 14.4 Å². The van der Waals surface area contributed by atoms with Crippen LogP contribution in [0.5, 0.6) is 0 Å². The van der Waals surface area contributed by atoms with Crippen LogP contribution in [0.4, 0.5) is 11.4 Å². The van der Waals surface area contributed by atoms with Gasteiger partial charge in [-0.2, -0.15) is 0 Å². The molecule has 1 atom stereocenters. The molecule has 6 nitrogen and oxygen atoms in total. The molecule has 0 radical (unpaired) electrons. The van der Waals surface area contributed by atoms with Gasteiger partial charge in [0.1, 0.15) is 5.70 Å². The number of nitrogens with one attached hydrogen (secondary N) is 3. The molecule has 0 spiro atoms. The van der Waals surface area contributed by atoms with Crippen LogP contribution in [0.15, 0.2) is 114 Å². The quantitative estimate of drug-likeness (QED) is 0.139. The largest absolute Gasteiger partial charge is 0.325 e. The second-order valence-corrected chi connectivity index (χ2v) is 11.0. The van der Waals surface area contributed by atoms with Crippen LogP contribution in [-0.2, 0) is 9.59 Å². The first-order valence-corrected chi connectivity index (χ1v) is 13.9. The summed E-state index contributed by atoms with van der Waals surface area (Å²) in [6.45, 7) is 1.78. The highest BCUT2D eigenvalue weighted by atomic mass is 35.5. The maximum Gasteiger partial charge on any atom is 0.272 e. The molecule has 0 aromatic heterocycles. The molecule has 3 N–H and O–H groups in total. The van der Waals surface area contributed by atoms with Crippen molar-refractivity contribution in [3.8, 4) is 0 Å². The number of amides is 3. The average molecular weight is 591 g/mol. The molecule has 1 unspecified atom stereocenters. The Morgan fingerprint density at radius 1 is 0.750 bits per heavy atom. The fourth-order valence-corrected chi connectivity index (χ4v) is 5.08. The number of rotatable bonds is 9. The van der Waals surface area contributed by atoms with Crippen molar-refractivity contribution >= 4 is 70.1 Å². The first-order valence-electron chi connectivity index (χ1n) is 12.2. The Bertz CT molecular complexity index is 1530. The number of carbonyl (C=O) groups is 3. The van der Waals surface area contributed by atoms with Gasteiger partial charge in [0.15, 0.2) is 0 Å². The predicted molar refractivity (Wildman–Crippen MR) is 164 cm³/mol. The third kappa shape index (κ3) is 8.48.